The van der Waals surface area contributed by atoms with Gasteiger partial charge >= 0.3 is 0 Å². The van der Waals surface area contributed by atoms with Crippen molar-refractivity contribution >= 4 is 16.8 Å². The first kappa shape index (κ1) is 9.48. The Kier molecular flexibility index (Phi) is 1.83. The van der Waals surface area contributed by atoms with Crippen molar-refractivity contribution in [3.63, 3.8) is 0 Å². The standard InChI is InChI=1S/C15H11N3/c1-2-6-12(7-3-1)18-14-9-5-4-8-13(14)17-11-10-16-15(17)18/h1-11H. The summed E-state index contributed by atoms with van der Waals surface area (Å²) in [4.78, 5) is 4.46. The first-order valence-corrected chi connectivity index (χ1v) is 5.93. The molecule has 0 bridgehead atoms. The molecule has 2 aromatic carbocycles. The lowest BCUT2D eigenvalue weighted by atomic mass is 10.3. The summed E-state index contributed by atoms with van der Waals surface area (Å²) in [5.41, 5.74) is 3.48. The molecule has 0 spiro atoms. The van der Waals surface area contributed by atoms with Crippen LogP contribution in [0.1, 0.15) is 0 Å². The minimum atomic E-state index is 0.947. The smallest absolute Gasteiger partial charge is 0.219 e. The number of aromatic nitrogens is 3. The van der Waals surface area contributed by atoms with Gasteiger partial charge in [-0.2, -0.15) is 0 Å². The summed E-state index contributed by atoms with van der Waals surface area (Å²) in [7, 11) is 0. The Morgan fingerprint density at radius 2 is 1.50 bits per heavy atom. The van der Waals surface area contributed by atoms with Gasteiger partial charge in [-0.1, -0.05) is 30.3 Å². The van der Waals surface area contributed by atoms with E-state index in [1.165, 1.54) is 11.0 Å². The fourth-order valence-electron chi connectivity index (χ4n) is 2.45. The molecule has 0 saturated heterocycles. The molecule has 3 heteroatoms. The summed E-state index contributed by atoms with van der Waals surface area (Å²) in [6, 6.07) is 18.7. The highest BCUT2D eigenvalue weighted by Crippen LogP contribution is 2.23. The largest absolute Gasteiger partial charge is 0.283 e. The van der Waals surface area contributed by atoms with Crippen LogP contribution in [0.4, 0.5) is 0 Å². The van der Waals surface area contributed by atoms with Crippen LogP contribution in [-0.2, 0) is 0 Å². The van der Waals surface area contributed by atoms with Crippen LogP contribution in [0.3, 0.4) is 0 Å². The summed E-state index contributed by atoms with van der Waals surface area (Å²) in [6.07, 6.45) is 3.83. The van der Waals surface area contributed by atoms with Crippen molar-refractivity contribution in [3.8, 4) is 5.69 Å². The van der Waals surface area contributed by atoms with Crippen LogP contribution in [0.25, 0.3) is 22.5 Å². The summed E-state index contributed by atoms with van der Waals surface area (Å²) in [5.74, 6) is 0.947. The van der Waals surface area contributed by atoms with E-state index < -0.39 is 0 Å². The van der Waals surface area contributed by atoms with E-state index in [4.69, 9.17) is 0 Å². The SMILES string of the molecule is c1ccc(-n2c3ccccc3n3ccnc23)cc1. The van der Waals surface area contributed by atoms with Crippen LogP contribution in [0.2, 0.25) is 0 Å². The monoisotopic (exact) mass is 233 g/mol. The van der Waals surface area contributed by atoms with E-state index in [9.17, 15) is 0 Å². The molecular formula is C15H11N3. The van der Waals surface area contributed by atoms with Crippen molar-refractivity contribution in [2.75, 3.05) is 0 Å². The molecule has 0 aliphatic carbocycles. The van der Waals surface area contributed by atoms with Gasteiger partial charge in [0, 0.05) is 18.1 Å². The van der Waals surface area contributed by atoms with Gasteiger partial charge < -0.3 is 0 Å². The summed E-state index contributed by atoms with van der Waals surface area (Å²) in [6.45, 7) is 0. The van der Waals surface area contributed by atoms with E-state index in [1.807, 2.05) is 30.6 Å². The van der Waals surface area contributed by atoms with Crippen LogP contribution in [-0.4, -0.2) is 14.0 Å². The number of rotatable bonds is 1. The number of nitrogens with zero attached hydrogens (tertiary/aromatic N) is 3. The van der Waals surface area contributed by atoms with Gasteiger partial charge in [0.25, 0.3) is 0 Å². The lowest BCUT2D eigenvalue weighted by Crippen LogP contribution is -1.93. The van der Waals surface area contributed by atoms with Gasteiger partial charge in [-0.15, -0.1) is 0 Å². The molecule has 0 aliphatic heterocycles. The minimum Gasteiger partial charge on any atom is -0.283 e. The first-order valence-electron chi connectivity index (χ1n) is 5.93. The lowest BCUT2D eigenvalue weighted by Gasteiger charge is -2.03. The van der Waals surface area contributed by atoms with Crippen molar-refractivity contribution < 1.29 is 0 Å². The van der Waals surface area contributed by atoms with Crippen molar-refractivity contribution in [3.05, 3.63) is 67.0 Å². The maximum absolute atomic E-state index is 4.46. The molecule has 0 N–H and O–H groups in total. The fourth-order valence-corrected chi connectivity index (χ4v) is 2.45. The zero-order valence-corrected chi connectivity index (χ0v) is 9.69. The molecular weight excluding hydrogens is 222 g/mol. The molecule has 3 nitrogen and oxygen atoms in total. The highest BCUT2D eigenvalue weighted by molar-refractivity contribution is 5.83. The molecule has 0 saturated carbocycles. The fraction of sp³-hybridized carbons (Fsp3) is 0. The molecule has 2 heterocycles. The lowest BCUT2D eigenvalue weighted by molar-refractivity contribution is 1.10. The molecule has 0 amide bonds. The molecule has 0 atom stereocenters. The number of imidazole rings is 2. The summed E-state index contributed by atoms with van der Waals surface area (Å²) in [5, 5.41) is 0. The van der Waals surface area contributed by atoms with Crippen LogP contribution in [0, 0.1) is 0 Å². The average molecular weight is 233 g/mol. The van der Waals surface area contributed by atoms with Crippen molar-refractivity contribution in [1.82, 2.24) is 14.0 Å². The van der Waals surface area contributed by atoms with Crippen molar-refractivity contribution in [2.45, 2.75) is 0 Å². The maximum atomic E-state index is 4.46. The Morgan fingerprint density at radius 1 is 0.778 bits per heavy atom. The predicted molar refractivity (Wildman–Crippen MR) is 72.0 cm³/mol. The molecule has 0 aliphatic rings. The normalized spacial score (nSPS) is 11.3. The number of fused-ring (bicyclic) bond motifs is 3. The first-order chi connectivity index (χ1) is 8.95. The zero-order chi connectivity index (χ0) is 11.9. The van der Waals surface area contributed by atoms with Crippen LogP contribution in [0.15, 0.2) is 67.0 Å². The molecule has 4 rings (SSSR count). The van der Waals surface area contributed by atoms with Gasteiger partial charge in [0.1, 0.15) is 0 Å². The molecule has 2 aromatic heterocycles. The molecule has 86 valence electrons. The molecule has 0 unspecified atom stereocenters. The second-order valence-corrected chi connectivity index (χ2v) is 4.26. The second kappa shape index (κ2) is 3.47. The second-order valence-electron chi connectivity index (χ2n) is 4.26. The third-order valence-corrected chi connectivity index (χ3v) is 3.22. The maximum Gasteiger partial charge on any atom is 0.219 e. The Hall–Kier alpha value is -2.55. The van der Waals surface area contributed by atoms with Gasteiger partial charge in [0.2, 0.25) is 5.78 Å². The van der Waals surface area contributed by atoms with Crippen LogP contribution in [0.5, 0.6) is 0 Å². The van der Waals surface area contributed by atoms with Crippen molar-refractivity contribution in [2.24, 2.45) is 0 Å². The van der Waals surface area contributed by atoms with E-state index >= 15 is 0 Å². The van der Waals surface area contributed by atoms with E-state index in [1.54, 1.807) is 0 Å². The molecule has 4 aromatic rings. The Morgan fingerprint density at radius 3 is 2.33 bits per heavy atom. The van der Waals surface area contributed by atoms with Gasteiger partial charge in [0.05, 0.1) is 11.0 Å². The van der Waals surface area contributed by atoms with Gasteiger partial charge in [-0.25, -0.2) is 4.98 Å². The molecule has 0 radical (unpaired) electrons. The summed E-state index contributed by atoms with van der Waals surface area (Å²) >= 11 is 0. The number of hydrogen-bond donors (Lipinski definition) is 0. The average Bonchev–Trinajstić information content (AvgIpc) is 2.99. The Bertz CT molecular complexity index is 825. The highest BCUT2D eigenvalue weighted by atomic mass is 15.2. The third-order valence-electron chi connectivity index (χ3n) is 3.22. The van der Waals surface area contributed by atoms with E-state index in [2.05, 4.69) is 50.3 Å². The molecule has 18 heavy (non-hydrogen) atoms. The van der Waals surface area contributed by atoms with E-state index in [0.717, 1.165) is 11.5 Å². The predicted octanol–water partition coefficient (Wildman–Crippen LogP) is 3.28. The number of benzene rings is 2. The number of hydrogen-bond acceptors (Lipinski definition) is 1. The van der Waals surface area contributed by atoms with E-state index in [0.29, 0.717) is 0 Å². The Labute approximate surface area is 104 Å². The topological polar surface area (TPSA) is 22.2 Å². The summed E-state index contributed by atoms with van der Waals surface area (Å²) < 4.78 is 4.29. The van der Waals surface area contributed by atoms with Gasteiger partial charge in [-0.3, -0.25) is 8.97 Å². The zero-order valence-electron chi connectivity index (χ0n) is 9.69. The van der Waals surface area contributed by atoms with Gasteiger partial charge in [0.15, 0.2) is 0 Å². The van der Waals surface area contributed by atoms with Gasteiger partial charge in [-0.05, 0) is 24.3 Å². The third kappa shape index (κ3) is 1.16. The van der Waals surface area contributed by atoms with Crippen LogP contribution < -0.4 is 0 Å². The highest BCUT2D eigenvalue weighted by Gasteiger charge is 2.11. The minimum absolute atomic E-state index is 0.947. The quantitative estimate of drug-likeness (QED) is 0.494. The van der Waals surface area contributed by atoms with Crippen LogP contribution >= 0.6 is 0 Å². The Balaban J connectivity index is 2.22. The number of para-hydroxylation sites is 3. The van der Waals surface area contributed by atoms with E-state index in [-0.39, 0.29) is 0 Å². The van der Waals surface area contributed by atoms with Crippen molar-refractivity contribution in [1.29, 1.82) is 0 Å². The molecule has 0 fully saturated rings.